The summed E-state index contributed by atoms with van der Waals surface area (Å²) in [6.07, 6.45) is 1.80. The van der Waals surface area contributed by atoms with Crippen LogP contribution in [0.4, 0.5) is 4.39 Å². The van der Waals surface area contributed by atoms with E-state index in [1.165, 1.54) is 12.1 Å². The highest BCUT2D eigenvalue weighted by Crippen LogP contribution is 2.22. The molecule has 2 heterocycles. The largest absolute Gasteiger partial charge is 0.338 e. The predicted molar refractivity (Wildman–Crippen MR) is 101 cm³/mol. The van der Waals surface area contributed by atoms with Crippen molar-refractivity contribution in [1.82, 2.24) is 20.2 Å². The van der Waals surface area contributed by atoms with Crippen molar-refractivity contribution >= 4 is 41.8 Å². The van der Waals surface area contributed by atoms with E-state index in [0.29, 0.717) is 35.7 Å². The lowest BCUT2D eigenvalue weighted by molar-refractivity contribution is 0.0708. The minimum Gasteiger partial charge on any atom is -0.338 e. The molecule has 0 unspecified atom stereocenters. The van der Waals surface area contributed by atoms with Gasteiger partial charge in [0.1, 0.15) is 11.3 Å². The summed E-state index contributed by atoms with van der Waals surface area (Å²) in [7, 11) is 1.93. The van der Waals surface area contributed by atoms with Crippen LogP contribution in [0.3, 0.4) is 0 Å². The van der Waals surface area contributed by atoms with Gasteiger partial charge in [-0.1, -0.05) is 0 Å². The van der Waals surface area contributed by atoms with E-state index in [9.17, 15) is 9.18 Å². The molecule has 1 fully saturated rings. The molecule has 3 rings (SSSR count). The lowest BCUT2D eigenvalue weighted by atomic mass is 10.0. The number of rotatable bonds is 2. The summed E-state index contributed by atoms with van der Waals surface area (Å²) in [5, 5.41) is 3.24. The van der Waals surface area contributed by atoms with Gasteiger partial charge in [0, 0.05) is 25.2 Å². The van der Waals surface area contributed by atoms with Gasteiger partial charge in [-0.05, 0) is 39.8 Å². The number of hydrogen-bond donors (Lipinski definition) is 1. The second-order valence-electron chi connectivity index (χ2n) is 6.07. The van der Waals surface area contributed by atoms with Crippen LogP contribution in [0.2, 0.25) is 0 Å². The van der Waals surface area contributed by atoms with Crippen molar-refractivity contribution in [3.05, 3.63) is 34.9 Å². The molecule has 1 amide bonds. The molecule has 0 saturated carbocycles. The highest BCUT2D eigenvalue weighted by atomic mass is 35.5. The van der Waals surface area contributed by atoms with Crippen LogP contribution in [-0.4, -0.2) is 47.0 Å². The highest BCUT2D eigenvalue weighted by molar-refractivity contribution is 6.04. The maximum Gasteiger partial charge on any atom is 0.256 e. The Balaban J connectivity index is 0.00000156. The fourth-order valence-corrected chi connectivity index (χ4v) is 3.00. The highest BCUT2D eigenvalue weighted by Gasteiger charge is 2.25. The molecule has 8 heteroatoms. The van der Waals surface area contributed by atoms with Crippen molar-refractivity contribution in [3.8, 4) is 0 Å². The summed E-state index contributed by atoms with van der Waals surface area (Å²) in [5.74, 6) is -0.620. The lowest BCUT2D eigenvalue weighted by Gasteiger charge is -2.32. The van der Waals surface area contributed by atoms with E-state index in [-0.39, 0.29) is 30.7 Å². The average Bonchev–Trinajstić information content (AvgIpc) is 2.55. The summed E-state index contributed by atoms with van der Waals surface area (Å²) in [6.45, 7) is 5.01. The van der Waals surface area contributed by atoms with Gasteiger partial charge in [-0.25, -0.2) is 14.4 Å². The Morgan fingerprint density at radius 3 is 2.36 bits per heavy atom. The van der Waals surface area contributed by atoms with Gasteiger partial charge in [0.25, 0.3) is 5.91 Å². The second kappa shape index (κ2) is 8.74. The molecular weight excluding hydrogens is 366 g/mol. The zero-order chi connectivity index (χ0) is 16.6. The quantitative estimate of drug-likeness (QED) is 0.858. The Morgan fingerprint density at radius 1 is 1.16 bits per heavy atom. The average molecular weight is 389 g/mol. The van der Waals surface area contributed by atoms with Gasteiger partial charge in [-0.15, -0.1) is 24.8 Å². The number of piperidine rings is 1. The summed E-state index contributed by atoms with van der Waals surface area (Å²) in [6, 6.07) is 3.05. The number of fused-ring (bicyclic) bond motifs is 1. The zero-order valence-electron chi connectivity index (χ0n) is 14.5. The van der Waals surface area contributed by atoms with E-state index in [0.717, 1.165) is 24.2 Å². The molecule has 25 heavy (non-hydrogen) atoms. The normalized spacial score (nSPS) is 14.8. The second-order valence-corrected chi connectivity index (χ2v) is 6.07. The van der Waals surface area contributed by atoms with E-state index in [2.05, 4.69) is 15.3 Å². The van der Waals surface area contributed by atoms with Gasteiger partial charge < -0.3 is 10.2 Å². The molecule has 0 spiro atoms. The van der Waals surface area contributed by atoms with Crippen LogP contribution in [-0.2, 0) is 0 Å². The first kappa shape index (κ1) is 21.5. The molecule has 2 aromatic rings. The van der Waals surface area contributed by atoms with Gasteiger partial charge >= 0.3 is 0 Å². The van der Waals surface area contributed by atoms with E-state index >= 15 is 0 Å². The first-order valence-corrected chi connectivity index (χ1v) is 7.90. The SMILES string of the molecule is CNC1CCN(C(=O)c2cc(F)cc3nc(C)c(C)nc23)CC1.Cl.Cl. The number of hydrogen-bond acceptors (Lipinski definition) is 4. The van der Waals surface area contributed by atoms with Gasteiger partial charge in [-0.3, -0.25) is 4.79 Å². The topological polar surface area (TPSA) is 58.1 Å². The Hall–Kier alpha value is -1.50. The third-order valence-corrected chi connectivity index (χ3v) is 4.57. The van der Waals surface area contributed by atoms with E-state index in [4.69, 9.17) is 0 Å². The van der Waals surface area contributed by atoms with Crippen LogP contribution in [0.5, 0.6) is 0 Å². The first-order valence-electron chi connectivity index (χ1n) is 7.90. The standard InChI is InChI=1S/C17H21FN4O.2ClH/c1-10-11(2)21-16-14(8-12(18)9-15(16)20-10)17(23)22-6-4-13(19-3)5-7-22;;/h8-9,13,19H,4-7H2,1-3H3;2*1H. The number of aryl methyl sites for hydroxylation is 2. The molecule has 1 aliphatic rings. The Kier molecular flexibility index (Phi) is 7.53. The number of nitrogens with one attached hydrogen (secondary N) is 1. The summed E-state index contributed by atoms with van der Waals surface area (Å²) in [5.41, 5.74) is 2.72. The van der Waals surface area contributed by atoms with E-state index in [1.807, 2.05) is 20.9 Å². The Labute approximate surface area is 159 Å². The molecular formula is C17H23Cl2FN4O. The third kappa shape index (κ3) is 4.37. The van der Waals surface area contributed by atoms with E-state index in [1.54, 1.807) is 4.90 Å². The van der Waals surface area contributed by atoms with Crippen LogP contribution in [0, 0.1) is 19.7 Å². The predicted octanol–water partition coefficient (Wildman–Crippen LogP) is 3.05. The molecule has 1 aliphatic heterocycles. The number of benzene rings is 1. The minimum absolute atomic E-state index is 0. The van der Waals surface area contributed by atoms with Crippen molar-refractivity contribution < 1.29 is 9.18 Å². The summed E-state index contributed by atoms with van der Waals surface area (Å²) < 4.78 is 13.9. The van der Waals surface area contributed by atoms with Crippen molar-refractivity contribution in [2.24, 2.45) is 0 Å². The number of likely N-dealkylation sites (tertiary alicyclic amines) is 1. The Bertz CT molecular complexity index is 764. The van der Waals surface area contributed by atoms with Crippen LogP contribution in [0.1, 0.15) is 34.6 Å². The number of halogens is 3. The number of amides is 1. The lowest BCUT2D eigenvalue weighted by Crippen LogP contribution is -2.44. The monoisotopic (exact) mass is 388 g/mol. The molecule has 5 nitrogen and oxygen atoms in total. The van der Waals surface area contributed by atoms with Crippen LogP contribution < -0.4 is 5.32 Å². The van der Waals surface area contributed by atoms with Crippen LogP contribution >= 0.6 is 24.8 Å². The maximum atomic E-state index is 13.9. The third-order valence-electron chi connectivity index (χ3n) is 4.57. The van der Waals surface area contributed by atoms with Crippen LogP contribution in [0.25, 0.3) is 11.0 Å². The minimum atomic E-state index is -0.455. The molecule has 0 aliphatic carbocycles. The van der Waals surface area contributed by atoms with Gasteiger partial charge in [0.05, 0.1) is 22.5 Å². The first-order chi connectivity index (χ1) is 11.0. The smallest absolute Gasteiger partial charge is 0.256 e. The number of aromatic nitrogens is 2. The number of carbonyl (C=O) groups is 1. The van der Waals surface area contributed by atoms with Gasteiger partial charge in [0.2, 0.25) is 0 Å². The summed E-state index contributed by atoms with van der Waals surface area (Å²) in [4.78, 5) is 23.4. The molecule has 1 aromatic carbocycles. The maximum absolute atomic E-state index is 13.9. The van der Waals surface area contributed by atoms with E-state index < -0.39 is 5.82 Å². The molecule has 0 atom stereocenters. The molecule has 0 radical (unpaired) electrons. The van der Waals surface area contributed by atoms with Crippen molar-refractivity contribution in [2.45, 2.75) is 32.7 Å². The molecule has 1 N–H and O–H groups in total. The van der Waals surface area contributed by atoms with Gasteiger partial charge in [0.15, 0.2) is 0 Å². The number of nitrogens with zero attached hydrogens (tertiary/aromatic N) is 3. The molecule has 1 aromatic heterocycles. The van der Waals surface area contributed by atoms with Crippen molar-refractivity contribution in [3.63, 3.8) is 0 Å². The van der Waals surface area contributed by atoms with Crippen molar-refractivity contribution in [1.29, 1.82) is 0 Å². The Morgan fingerprint density at radius 2 is 1.76 bits per heavy atom. The van der Waals surface area contributed by atoms with Crippen molar-refractivity contribution in [2.75, 3.05) is 20.1 Å². The van der Waals surface area contributed by atoms with Crippen LogP contribution in [0.15, 0.2) is 12.1 Å². The molecule has 1 saturated heterocycles. The summed E-state index contributed by atoms with van der Waals surface area (Å²) >= 11 is 0. The zero-order valence-corrected chi connectivity index (χ0v) is 16.1. The fraction of sp³-hybridized carbons (Fsp3) is 0.471. The van der Waals surface area contributed by atoms with Gasteiger partial charge in [-0.2, -0.15) is 0 Å². The molecule has 138 valence electrons. The molecule has 0 bridgehead atoms. The fourth-order valence-electron chi connectivity index (χ4n) is 3.00. The number of carbonyl (C=O) groups excluding carboxylic acids is 1.